The number of ketones is 1. The Labute approximate surface area is 344 Å². The van der Waals surface area contributed by atoms with Crippen LogP contribution >= 0.6 is 11.8 Å². The number of rotatable bonds is 15. The largest absolute Gasteiger partial charge is 0.443 e. The van der Waals surface area contributed by atoms with Gasteiger partial charge in [0.15, 0.2) is 5.78 Å². The normalized spacial score (nSPS) is 11.9. The van der Waals surface area contributed by atoms with Gasteiger partial charge in [-0.2, -0.15) is 0 Å². The van der Waals surface area contributed by atoms with Crippen LogP contribution in [0.3, 0.4) is 0 Å². The average Bonchev–Trinajstić information content (AvgIpc) is 3.24. The van der Waals surface area contributed by atoms with Crippen molar-refractivity contribution >= 4 is 46.8 Å². The highest BCUT2D eigenvalue weighted by molar-refractivity contribution is 8.00. The Kier molecular flexibility index (Phi) is 13.3. The molecule has 294 valence electrons. The van der Waals surface area contributed by atoms with E-state index in [0.29, 0.717) is 12.0 Å². The molecule has 6 aromatic rings. The van der Waals surface area contributed by atoms with Crippen molar-refractivity contribution in [2.45, 2.75) is 50.0 Å². The fraction of sp³-hybridized carbons (Fsp3) is 0.184. The van der Waals surface area contributed by atoms with Crippen molar-refractivity contribution < 1.29 is 23.9 Å². The number of primary amides is 1. The first-order valence-corrected chi connectivity index (χ1v) is 20.1. The number of hydrogen-bond acceptors (Lipinski definition) is 6. The molecule has 0 aromatic heterocycles. The van der Waals surface area contributed by atoms with E-state index < -0.39 is 28.4 Å². The minimum absolute atomic E-state index is 0.0349. The number of nitrogens with zero attached hydrogens (tertiary/aromatic N) is 1. The zero-order valence-electron chi connectivity index (χ0n) is 32.8. The predicted molar refractivity (Wildman–Crippen MR) is 233 cm³/mol. The Morgan fingerprint density at radius 1 is 0.672 bits per heavy atom. The molecule has 0 heterocycles. The number of carbonyl (C=O) groups excluding carboxylic acids is 4. The van der Waals surface area contributed by atoms with Gasteiger partial charge in [-0.05, 0) is 67.6 Å². The number of aryl methyl sites for hydroxylation is 1. The van der Waals surface area contributed by atoms with Crippen molar-refractivity contribution in [3.63, 3.8) is 0 Å². The van der Waals surface area contributed by atoms with Gasteiger partial charge in [-0.15, -0.1) is 11.8 Å². The molecule has 0 saturated heterocycles. The first kappa shape index (κ1) is 41.2. The van der Waals surface area contributed by atoms with Crippen molar-refractivity contribution in [2.24, 2.45) is 5.73 Å². The Hall–Kier alpha value is -6.45. The summed E-state index contributed by atoms with van der Waals surface area (Å²) in [5.74, 6) is -1.40. The monoisotopic (exact) mass is 789 g/mol. The average molecular weight is 790 g/mol. The van der Waals surface area contributed by atoms with E-state index in [1.807, 2.05) is 121 Å². The number of nitrogens with one attached hydrogen (secondary N) is 1. The zero-order valence-corrected chi connectivity index (χ0v) is 33.7. The van der Waals surface area contributed by atoms with E-state index in [1.54, 1.807) is 63.2 Å². The second-order valence-corrected chi connectivity index (χ2v) is 16.1. The van der Waals surface area contributed by atoms with Crippen LogP contribution < -0.4 is 16.0 Å². The molecule has 3 amide bonds. The van der Waals surface area contributed by atoms with Crippen LogP contribution in [0.15, 0.2) is 170 Å². The van der Waals surface area contributed by atoms with Crippen LogP contribution in [0.2, 0.25) is 0 Å². The van der Waals surface area contributed by atoms with E-state index in [2.05, 4.69) is 5.32 Å². The van der Waals surface area contributed by atoms with Crippen LogP contribution in [-0.2, 0) is 25.5 Å². The maximum absolute atomic E-state index is 14.4. The molecular weight excluding hydrogens is 743 g/mol. The third-order valence-electron chi connectivity index (χ3n) is 9.55. The zero-order chi connectivity index (χ0) is 41.1. The fourth-order valence-electron chi connectivity index (χ4n) is 6.82. The van der Waals surface area contributed by atoms with Gasteiger partial charge in [0.05, 0.1) is 10.4 Å². The number of anilines is 2. The molecule has 3 N–H and O–H groups in total. The van der Waals surface area contributed by atoms with Gasteiger partial charge in [0.1, 0.15) is 11.6 Å². The van der Waals surface area contributed by atoms with Gasteiger partial charge in [-0.1, -0.05) is 152 Å². The van der Waals surface area contributed by atoms with Crippen LogP contribution in [0.1, 0.15) is 65.4 Å². The van der Waals surface area contributed by atoms with Crippen molar-refractivity contribution in [2.75, 3.05) is 16.0 Å². The van der Waals surface area contributed by atoms with E-state index in [0.717, 1.165) is 22.3 Å². The molecule has 1 atom stereocenters. The van der Waals surface area contributed by atoms with Crippen molar-refractivity contribution in [1.82, 2.24) is 0 Å². The molecule has 0 saturated carbocycles. The SMILES string of the molecule is CC(C)(C)OC(=O)N(c1ccc(NC(=O)CCc2ccccc2)c(C(=O)c2ccccc2)c1)[C@@H](CSC(c1ccccc1)(c1ccccc1)c1ccccc1)C(N)=O. The highest BCUT2D eigenvalue weighted by atomic mass is 32.2. The van der Waals surface area contributed by atoms with Crippen LogP contribution in [-0.4, -0.2) is 41.1 Å². The summed E-state index contributed by atoms with van der Waals surface area (Å²) in [5.41, 5.74) is 10.2. The lowest BCUT2D eigenvalue weighted by Crippen LogP contribution is -2.52. The van der Waals surface area contributed by atoms with E-state index in [9.17, 15) is 19.2 Å². The number of nitrogens with two attached hydrogens (primary N) is 1. The van der Waals surface area contributed by atoms with E-state index in [1.165, 1.54) is 22.7 Å². The van der Waals surface area contributed by atoms with Crippen LogP contribution in [0, 0.1) is 0 Å². The predicted octanol–water partition coefficient (Wildman–Crippen LogP) is 9.81. The van der Waals surface area contributed by atoms with Crippen molar-refractivity contribution in [1.29, 1.82) is 0 Å². The highest BCUT2D eigenvalue weighted by Gasteiger charge is 2.41. The third-order valence-corrected chi connectivity index (χ3v) is 11.2. The van der Waals surface area contributed by atoms with Crippen molar-refractivity contribution in [3.05, 3.63) is 203 Å². The lowest BCUT2D eigenvalue weighted by atomic mass is 9.84. The molecule has 58 heavy (non-hydrogen) atoms. The van der Waals surface area contributed by atoms with E-state index in [-0.39, 0.29) is 40.8 Å². The number of ether oxygens (including phenoxy) is 1. The van der Waals surface area contributed by atoms with E-state index in [4.69, 9.17) is 10.5 Å². The number of benzene rings is 6. The molecule has 0 fully saturated rings. The standard InChI is InChI=1S/C49H47N3O5S/c1-48(2,3)57-47(56)52(40-30-31-42(41(33-40)45(54)36-21-11-5-12-22-36)51-44(53)32-29-35-19-9-4-10-20-35)43(46(50)55)34-58-49(37-23-13-6-14-24-37,38-25-15-7-16-26-38)39-27-17-8-18-28-39/h4-28,30-31,33,43H,29,32,34H2,1-3H3,(H2,50,55)(H,51,53)/t43-/m0/s1. The Balaban J connectivity index is 1.44. The lowest BCUT2D eigenvalue weighted by molar-refractivity contribution is -0.119. The summed E-state index contributed by atoms with van der Waals surface area (Å²) in [6.07, 6.45) is -0.130. The van der Waals surface area contributed by atoms with E-state index >= 15 is 0 Å². The lowest BCUT2D eigenvalue weighted by Gasteiger charge is -2.38. The molecule has 0 radical (unpaired) electrons. The number of carbonyl (C=O) groups is 4. The summed E-state index contributed by atoms with van der Waals surface area (Å²) in [4.78, 5) is 57.0. The summed E-state index contributed by atoms with van der Waals surface area (Å²) in [6.45, 7) is 5.21. The summed E-state index contributed by atoms with van der Waals surface area (Å²) >= 11 is 1.47. The Bertz CT molecular complexity index is 2220. The third kappa shape index (κ3) is 9.91. The van der Waals surface area contributed by atoms with Gasteiger partial charge in [-0.25, -0.2) is 4.79 Å². The molecule has 0 unspecified atom stereocenters. The smallest absolute Gasteiger partial charge is 0.415 e. The molecule has 0 aliphatic heterocycles. The van der Waals surface area contributed by atoms with Gasteiger partial charge < -0.3 is 15.8 Å². The topological polar surface area (TPSA) is 119 Å². The first-order chi connectivity index (χ1) is 28.0. The number of amides is 3. The minimum atomic E-state index is -1.25. The summed E-state index contributed by atoms with van der Waals surface area (Å²) < 4.78 is 5.11. The molecule has 0 spiro atoms. The molecule has 9 heteroatoms. The minimum Gasteiger partial charge on any atom is -0.443 e. The summed E-state index contributed by atoms with van der Waals surface area (Å²) in [5, 5.41) is 2.93. The van der Waals surface area contributed by atoms with Crippen molar-refractivity contribution in [3.8, 4) is 0 Å². The second-order valence-electron chi connectivity index (χ2n) is 14.8. The molecule has 0 bridgehead atoms. The van der Waals surface area contributed by atoms with Gasteiger partial charge in [0.25, 0.3) is 0 Å². The number of thioether (sulfide) groups is 1. The molecule has 6 aromatic carbocycles. The molecule has 0 aliphatic carbocycles. The van der Waals surface area contributed by atoms with Gasteiger partial charge in [0, 0.05) is 29.0 Å². The van der Waals surface area contributed by atoms with Gasteiger partial charge >= 0.3 is 6.09 Å². The Morgan fingerprint density at radius 3 is 1.64 bits per heavy atom. The van der Waals surface area contributed by atoms with Gasteiger partial charge in [-0.3, -0.25) is 19.3 Å². The summed E-state index contributed by atoms with van der Waals surface area (Å²) in [6, 6.07) is 51.8. The van der Waals surface area contributed by atoms with Crippen LogP contribution in [0.25, 0.3) is 0 Å². The van der Waals surface area contributed by atoms with Gasteiger partial charge in [0.2, 0.25) is 11.8 Å². The first-order valence-electron chi connectivity index (χ1n) is 19.2. The molecule has 8 nitrogen and oxygen atoms in total. The Morgan fingerprint density at radius 2 is 1.16 bits per heavy atom. The maximum atomic E-state index is 14.4. The summed E-state index contributed by atoms with van der Waals surface area (Å²) in [7, 11) is 0. The van der Waals surface area contributed by atoms with Crippen LogP contribution in [0.5, 0.6) is 0 Å². The van der Waals surface area contributed by atoms with Crippen LogP contribution in [0.4, 0.5) is 16.2 Å². The highest BCUT2D eigenvalue weighted by Crippen LogP contribution is 2.49. The maximum Gasteiger partial charge on any atom is 0.415 e. The quantitative estimate of drug-likeness (QED) is 0.0790. The fourth-order valence-corrected chi connectivity index (χ4v) is 8.45. The molecular formula is C49H47N3O5S. The number of hydrogen-bond donors (Lipinski definition) is 2. The molecule has 6 rings (SSSR count). The second kappa shape index (κ2) is 18.7. The molecule has 0 aliphatic rings.